The minimum Gasteiger partial charge on any atom is -0.388 e. The number of benzene rings is 1. The Morgan fingerprint density at radius 1 is 1.06 bits per heavy atom. The van der Waals surface area contributed by atoms with Gasteiger partial charge in [-0.2, -0.15) is 0 Å². The zero-order valence-corrected chi connectivity index (χ0v) is 20.2. The van der Waals surface area contributed by atoms with Gasteiger partial charge < -0.3 is 30.2 Å². The summed E-state index contributed by atoms with van der Waals surface area (Å²) in [6.07, 6.45) is 5.43. The van der Waals surface area contributed by atoms with Crippen LogP contribution < -0.4 is 5.32 Å². The van der Waals surface area contributed by atoms with Crippen LogP contribution in [-0.2, 0) is 10.3 Å². The predicted octanol–water partition coefficient (Wildman–Crippen LogP) is 1.52. The summed E-state index contributed by atoms with van der Waals surface area (Å²) in [6, 6.07) is 10.5. The number of aliphatic hydroxyl groups is 2. The van der Waals surface area contributed by atoms with Gasteiger partial charge in [0.2, 0.25) is 5.91 Å². The van der Waals surface area contributed by atoms with Gasteiger partial charge in [-0.1, -0.05) is 36.8 Å². The molecule has 2 aliphatic carbocycles. The summed E-state index contributed by atoms with van der Waals surface area (Å²) in [5, 5.41) is 23.3. The first-order chi connectivity index (χ1) is 16.4. The van der Waals surface area contributed by atoms with Crippen molar-refractivity contribution in [3.05, 3.63) is 35.9 Å². The summed E-state index contributed by atoms with van der Waals surface area (Å²) in [5.74, 6) is 0.361. The van der Waals surface area contributed by atoms with Crippen molar-refractivity contribution in [2.75, 3.05) is 39.8 Å². The number of amides is 3. The Bertz CT molecular complexity index is 887. The summed E-state index contributed by atoms with van der Waals surface area (Å²) >= 11 is 0. The Hall–Kier alpha value is -2.16. The highest BCUT2D eigenvalue weighted by Crippen LogP contribution is 2.47. The molecule has 3 N–H and O–H groups in total. The van der Waals surface area contributed by atoms with Crippen molar-refractivity contribution < 1.29 is 19.8 Å². The van der Waals surface area contributed by atoms with E-state index in [4.69, 9.17) is 0 Å². The molecule has 186 valence electrons. The van der Waals surface area contributed by atoms with Gasteiger partial charge in [-0.3, -0.25) is 4.79 Å². The molecule has 2 aliphatic heterocycles. The van der Waals surface area contributed by atoms with E-state index in [-0.39, 0.29) is 42.7 Å². The number of urea groups is 1. The number of β-amino-alcohol motifs (C(OH)–C–C–N with tert-alkyl or cyclic N) is 2. The fourth-order valence-electron chi connectivity index (χ4n) is 6.46. The minimum absolute atomic E-state index is 0.0110. The van der Waals surface area contributed by atoms with Crippen molar-refractivity contribution in [2.24, 2.45) is 5.92 Å². The van der Waals surface area contributed by atoms with E-state index in [1.807, 2.05) is 13.1 Å². The molecule has 8 nitrogen and oxygen atoms in total. The molecule has 0 bridgehead atoms. The van der Waals surface area contributed by atoms with Crippen LogP contribution >= 0.6 is 0 Å². The van der Waals surface area contributed by atoms with Crippen LogP contribution in [0.2, 0.25) is 0 Å². The van der Waals surface area contributed by atoms with Gasteiger partial charge in [-0.25, -0.2) is 4.79 Å². The molecule has 4 fully saturated rings. The average Bonchev–Trinajstić information content (AvgIpc) is 3.28. The average molecular weight is 471 g/mol. The molecule has 1 aromatic rings. The van der Waals surface area contributed by atoms with E-state index < -0.39 is 12.2 Å². The first-order valence-corrected chi connectivity index (χ1v) is 12.8. The molecule has 0 aromatic heterocycles. The fourth-order valence-corrected chi connectivity index (χ4v) is 6.46. The second-order valence-corrected chi connectivity index (χ2v) is 10.9. The number of likely N-dealkylation sites (tertiary alicyclic amines) is 1. The first kappa shape index (κ1) is 23.6. The summed E-state index contributed by atoms with van der Waals surface area (Å²) in [5.41, 5.74) is 0.954. The maximum Gasteiger partial charge on any atom is 0.321 e. The summed E-state index contributed by atoms with van der Waals surface area (Å²) in [7, 11) is 2.03. The monoisotopic (exact) mass is 470 g/mol. The number of rotatable bonds is 6. The van der Waals surface area contributed by atoms with E-state index >= 15 is 0 Å². The lowest BCUT2D eigenvalue weighted by Crippen LogP contribution is -2.56. The van der Waals surface area contributed by atoms with Gasteiger partial charge in [-0.15, -0.1) is 0 Å². The van der Waals surface area contributed by atoms with Gasteiger partial charge in [0.15, 0.2) is 0 Å². The smallest absolute Gasteiger partial charge is 0.321 e. The molecule has 0 unspecified atom stereocenters. The zero-order valence-electron chi connectivity index (χ0n) is 20.2. The highest BCUT2D eigenvalue weighted by Gasteiger charge is 2.54. The molecular weight excluding hydrogens is 432 g/mol. The van der Waals surface area contributed by atoms with Crippen molar-refractivity contribution in [1.82, 2.24) is 20.0 Å². The first-order valence-electron chi connectivity index (χ1n) is 12.8. The highest BCUT2D eigenvalue weighted by atomic mass is 16.3. The summed E-state index contributed by atoms with van der Waals surface area (Å²) in [4.78, 5) is 31.8. The standard InChI is InChI=1S/C26H38N4O4/c1-27-26(20-8-3-2-4-9-20)12-10-25(11-13-26)18-29(24(34)30(25)14-19-6-5-7-19)17-23(33)28-15-21(31)22(32)16-28/h2-4,8-9,19,21-22,27,31-32H,5-7,10-18H2,1H3/t21-,22+,25-,26+. The van der Waals surface area contributed by atoms with Gasteiger partial charge in [0, 0.05) is 31.7 Å². The van der Waals surface area contributed by atoms with Crippen LogP contribution in [0.1, 0.15) is 50.5 Å². The lowest BCUT2D eigenvalue weighted by molar-refractivity contribution is -0.131. The topological polar surface area (TPSA) is 96.4 Å². The van der Waals surface area contributed by atoms with Crippen molar-refractivity contribution in [3.8, 4) is 0 Å². The number of nitrogens with one attached hydrogen (secondary N) is 1. The molecule has 34 heavy (non-hydrogen) atoms. The Labute approximate surface area is 201 Å². The van der Waals surface area contributed by atoms with Crippen LogP contribution in [0.25, 0.3) is 0 Å². The van der Waals surface area contributed by atoms with E-state index in [0.29, 0.717) is 12.5 Å². The quantitative estimate of drug-likeness (QED) is 0.586. The second kappa shape index (κ2) is 9.13. The lowest BCUT2D eigenvalue weighted by Gasteiger charge is -2.49. The Kier molecular flexibility index (Phi) is 6.33. The van der Waals surface area contributed by atoms with Crippen molar-refractivity contribution in [3.63, 3.8) is 0 Å². The number of nitrogens with zero attached hydrogens (tertiary/aromatic N) is 3. The van der Waals surface area contributed by atoms with E-state index in [1.54, 1.807) is 4.90 Å². The molecular formula is C26H38N4O4. The maximum absolute atomic E-state index is 13.6. The molecule has 0 radical (unpaired) electrons. The Morgan fingerprint density at radius 2 is 1.71 bits per heavy atom. The van der Waals surface area contributed by atoms with Gasteiger partial charge in [0.05, 0.1) is 17.7 Å². The fraction of sp³-hybridized carbons (Fsp3) is 0.692. The van der Waals surface area contributed by atoms with E-state index in [1.165, 1.54) is 29.7 Å². The third-order valence-electron chi connectivity index (χ3n) is 9.00. The summed E-state index contributed by atoms with van der Waals surface area (Å²) in [6.45, 7) is 1.61. The number of carbonyl (C=O) groups is 2. The van der Waals surface area contributed by atoms with Gasteiger partial charge in [0.1, 0.15) is 6.54 Å². The van der Waals surface area contributed by atoms with Gasteiger partial charge in [-0.05, 0) is 57.1 Å². The van der Waals surface area contributed by atoms with Gasteiger partial charge >= 0.3 is 6.03 Å². The molecule has 3 amide bonds. The lowest BCUT2D eigenvalue weighted by atomic mass is 9.68. The number of carbonyl (C=O) groups excluding carboxylic acids is 2. The number of aliphatic hydroxyl groups excluding tert-OH is 2. The SMILES string of the molecule is CN[C@]1(c2ccccc2)CC[C@]2(CC1)CN(CC(=O)N1C[C@@H](O)[C@@H](O)C1)C(=O)N2CC1CCC1. The molecule has 1 aromatic carbocycles. The Morgan fingerprint density at radius 3 is 2.26 bits per heavy atom. The van der Waals surface area contributed by atoms with Gasteiger partial charge in [0.25, 0.3) is 0 Å². The van der Waals surface area contributed by atoms with Crippen LogP contribution in [0.15, 0.2) is 30.3 Å². The minimum atomic E-state index is -0.911. The van der Waals surface area contributed by atoms with E-state index in [2.05, 4.69) is 34.5 Å². The van der Waals surface area contributed by atoms with Crippen molar-refractivity contribution in [1.29, 1.82) is 0 Å². The van der Waals surface area contributed by atoms with E-state index in [9.17, 15) is 19.8 Å². The van der Waals surface area contributed by atoms with Crippen molar-refractivity contribution in [2.45, 2.75) is 68.2 Å². The second-order valence-electron chi connectivity index (χ2n) is 10.9. The molecule has 2 saturated carbocycles. The maximum atomic E-state index is 13.6. The molecule has 2 saturated heterocycles. The van der Waals surface area contributed by atoms with Crippen LogP contribution in [0, 0.1) is 5.92 Å². The molecule has 4 aliphatic rings. The molecule has 1 spiro atoms. The highest BCUT2D eigenvalue weighted by molar-refractivity contribution is 5.86. The van der Waals surface area contributed by atoms with Crippen LogP contribution in [0.5, 0.6) is 0 Å². The normalized spacial score (nSPS) is 34.2. The predicted molar refractivity (Wildman–Crippen MR) is 128 cm³/mol. The van der Waals surface area contributed by atoms with Crippen molar-refractivity contribution >= 4 is 11.9 Å². The third-order valence-corrected chi connectivity index (χ3v) is 9.00. The Balaban J connectivity index is 1.33. The molecule has 8 heteroatoms. The number of hydrogen-bond donors (Lipinski definition) is 3. The largest absolute Gasteiger partial charge is 0.388 e. The zero-order chi connectivity index (χ0) is 23.9. The molecule has 2 atom stereocenters. The third kappa shape index (κ3) is 4.10. The van der Waals surface area contributed by atoms with Crippen LogP contribution in [-0.4, -0.2) is 94.4 Å². The van der Waals surface area contributed by atoms with Crippen LogP contribution in [0.4, 0.5) is 4.79 Å². The van der Waals surface area contributed by atoms with Crippen LogP contribution in [0.3, 0.4) is 0 Å². The molecule has 2 heterocycles. The molecule has 5 rings (SSSR count). The number of hydrogen-bond acceptors (Lipinski definition) is 5. The summed E-state index contributed by atoms with van der Waals surface area (Å²) < 4.78 is 0. The van der Waals surface area contributed by atoms with E-state index in [0.717, 1.165) is 32.2 Å².